The minimum atomic E-state index is -4.29. The van der Waals surface area contributed by atoms with Crippen LogP contribution in [0.2, 0.25) is 0 Å². The number of halogens is 2. The van der Waals surface area contributed by atoms with Gasteiger partial charge in [0.25, 0.3) is 10.2 Å². The smallest absolute Gasteiger partial charge is 0.274 e. The molecule has 136 valence electrons. The summed E-state index contributed by atoms with van der Waals surface area (Å²) >= 11 is 3.00. The van der Waals surface area contributed by atoms with Gasteiger partial charge in [0.2, 0.25) is 5.82 Å². The van der Waals surface area contributed by atoms with Gasteiger partial charge in [-0.05, 0) is 44.4 Å². The third-order valence-corrected chi connectivity index (χ3v) is 3.56. The molecule has 6 N–H and O–H groups in total. The maximum atomic E-state index is 13.3. The minimum absolute atomic E-state index is 0.139. The molecule has 0 saturated heterocycles. The first kappa shape index (κ1) is 16.3. The fourth-order valence-electron chi connectivity index (χ4n) is 1.54. The van der Waals surface area contributed by atoms with Crippen LogP contribution in [0.15, 0.2) is 32.3 Å². The Hall–Kier alpha value is -2.13. The molecule has 2 aromatic rings. The lowest BCUT2D eigenvalue weighted by Crippen LogP contribution is -2.34. The fraction of sp³-hybridized carbons (Fsp3) is 0.182. The maximum Gasteiger partial charge on any atom is 0.274 e. The second-order valence-electron chi connectivity index (χ2n) is 4.31. The molecule has 1 aromatic heterocycles. The maximum absolute atomic E-state index is 13.3. The summed E-state index contributed by atoms with van der Waals surface area (Å²) in [4.78, 5) is 4.02. The van der Waals surface area contributed by atoms with Gasteiger partial charge in [-0.25, -0.2) is 23.9 Å². The van der Waals surface area contributed by atoms with Gasteiger partial charge >= 0.3 is 0 Å². The van der Waals surface area contributed by atoms with E-state index in [4.69, 9.17) is 7.88 Å². The zero-order valence-electron chi connectivity index (χ0n) is 14.2. The molecular formula is C11H13BrFN7O4S. The minimum Gasteiger partial charge on any atom is -0.364 e. The van der Waals surface area contributed by atoms with Crippen molar-refractivity contribution in [1.29, 1.82) is 0 Å². The molecule has 0 spiro atoms. The highest BCUT2D eigenvalue weighted by atomic mass is 79.9. The zero-order valence-corrected chi connectivity index (χ0v) is 14.6. The summed E-state index contributed by atoms with van der Waals surface area (Å²) in [5, 5.41) is 23.5. The van der Waals surface area contributed by atoms with Gasteiger partial charge in [0, 0.05) is 15.8 Å². The molecule has 0 unspecified atom stereocenters. The second-order valence-corrected chi connectivity index (χ2v) is 6.46. The van der Waals surface area contributed by atoms with Crippen LogP contribution < -0.4 is 20.7 Å². The quantitative estimate of drug-likeness (QED) is 0.232. The van der Waals surface area contributed by atoms with Crippen molar-refractivity contribution in [1.82, 2.24) is 20.5 Å². The first-order valence-corrected chi connectivity index (χ1v) is 8.67. The summed E-state index contributed by atoms with van der Waals surface area (Å²) in [5.74, 6) is -0.920. The van der Waals surface area contributed by atoms with Gasteiger partial charge in [-0.1, -0.05) is 0 Å². The number of nitrogens with zero attached hydrogens (tertiary/aromatic N) is 3. The van der Waals surface area contributed by atoms with E-state index in [0.717, 1.165) is 6.07 Å². The Morgan fingerprint density at radius 1 is 1.52 bits per heavy atom. The van der Waals surface area contributed by atoms with Gasteiger partial charge in [0.05, 0.1) is 10.2 Å². The van der Waals surface area contributed by atoms with Crippen molar-refractivity contribution in [3.63, 3.8) is 0 Å². The molecule has 1 heterocycles. The number of hydrogen-bond donors (Lipinski definition) is 5. The first-order chi connectivity index (χ1) is 12.5. The lowest BCUT2D eigenvalue weighted by Gasteiger charge is -2.06. The number of aromatic nitrogens is 2. The van der Waals surface area contributed by atoms with Gasteiger partial charge in [-0.15, -0.1) is 0 Å². The van der Waals surface area contributed by atoms with E-state index in [0.29, 0.717) is 0 Å². The monoisotopic (exact) mass is 439 g/mol. The average Bonchev–Trinajstić information content (AvgIpc) is 3.00. The molecule has 2 rings (SSSR count). The number of hydrogen-bond acceptors (Lipinski definition) is 8. The number of amidine groups is 1. The van der Waals surface area contributed by atoms with Crippen LogP contribution in [-0.2, 0) is 10.2 Å². The lowest BCUT2D eigenvalue weighted by molar-refractivity contribution is 0.234. The van der Waals surface area contributed by atoms with Crippen LogP contribution in [-0.4, -0.2) is 42.8 Å². The van der Waals surface area contributed by atoms with E-state index in [2.05, 4.69) is 41.2 Å². The molecule has 1 aromatic carbocycles. The Labute approximate surface area is 152 Å². The van der Waals surface area contributed by atoms with Crippen molar-refractivity contribution in [3.05, 3.63) is 34.2 Å². The van der Waals surface area contributed by atoms with Crippen LogP contribution in [0, 0.1) is 5.82 Å². The molecule has 0 aliphatic heterocycles. The van der Waals surface area contributed by atoms with Crippen molar-refractivity contribution in [3.8, 4) is 0 Å². The molecule has 0 fully saturated rings. The highest BCUT2D eigenvalue weighted by Gasteiger charge is 2.16. The third-order valence-electron chi connectivity index (χ3n) is 2.52. The van der Waals surface area contributed by atoms with E-state index in [-0.39, 0.29) is 27.5 Å². The number of nitrogens with two attached hydrogens (primary N) is 1. The zero-order chi connectivity index (χ0) is 20.2. The van der Waals surface area contributed by atoms with Crippen molar-refractivity contribution in [2.45, 2.75) is 0 Å². The van der Waals surface area contributed by atoms with Gasteiger partial charge in [-0.3, -0.25) is 10.7 Å². The van der Waals surface area contributed by atoms with E-state index in [1.54, 1.807) is 10.2 Å². The van der Waals surface area contributed by atoms with Crippen molar-refractivity contribution in [2.24, 2.45) is 10.1 Å². The Morgan fingerprint density at radius 2 is 2.28 bits per heavy atom. The van der Waals surface area contributed by atoms with Crippen LogP contribution in [0.4, 0.5) is 15.9 Å². The third kappa shape index (κ3) is 5.71. The SMILES string of the molecule is [2H]C([2H])(CNc1nonc1C(=Nc1ccc(F)c(Br)c1)NO)NS(N)(=O)=O. The van der Waals surface area contributed by atoms with Gasteiger partial charge in [0.15, 0.2) is 11.5 Å². The molecule has 0 aliphatic rings. The molecule has 11 nitrogen and oxygen atoms in total. The predicted octanol–water partition coefficient (Wildman–Crippen LogP) is 0.233. The van der Waals surface area contributed by atoms with Crippen LogP contribution in [0.3, 0.4) is 0 Å². The first-order valence-electron chi connectivity index (χ1n) is 7.33. The van der Waals surface area contributed by atoms with Crippen LogP contribution in [0.25, 0.3) is 0 Å². The molecule has 0 radical (unpaired) electrons. The number of hydroxylamine groups is 1. The second kappa shape index (κ2) is 8.30. The molecule has 0 saturated carbocycles. The van der Waals surface area contributed by atoms with E-state index in [1.807, 2.05) is 0 Å². The number of anilines is 1. The van der Waals surface area contributed by atoms with Gasteiger partial charge in [-0.2, -0.15) is 8.42 Å². The molecule has 0 atom stereocenters. The molecule has 0 bridgehead atoms. The van der Waals surface area contributed by atoms with E-state index < -0.39 is 29.1 Å². The Kier molecular flexibility index (Phi) is 5.43. The summed E-state index contributed by atoms with van der Waals surface area (Å²) in [6.45, 7) is -3.07. The Bertz CT molecular complexity index is 956. The molecule has 0 amide bonds. The number of benzene rings is 1. The number of nitrogens with one attached hydrogen (secondary N) is 3. The van der Waals surface area contributed by atoms with Crippen molar-refractivity contribution < 1.29 is 25.4 Å². The molecule has 0 aliphatic carbocycles. The summed E-state index contributed by atoms with van der Waals surface area (Å²) in [7, 11) is -4.29. The highest BCUT2D eigenvalue weighted by Crippen LogP contribution is 2.23. The highest BCUT2D eigenvalue weighted by molar-refractivity contribution is 9.10. The van der Waals surface area contributed by atoms with E-state index in [1.165, 1.54) is 12.1 Å². The van der Waals surface area contributed by atoms with Gasteiger partial charge < -0.3 is 5.32 Å². The number of aliphatic imine (C=N–C) groups is 1. The van der Waals surface area contributed by atoms with Gasteiger partial charge in [0.1, 0.15) is 5.82 Å². The molecule has 25 heavy (non-hydrogen) atoms. The standard InChI is InChI=1S/C11H13BrFN7O4S/c12-7-5-6(1-2-8(7)13)17-11(18-21)9-10(20-24-19-9)15-3-4-16-25(14,22)23/h1-2,5,16,21H,3-4H2,(H,15,20)(H,17,18)(H2,14,22,23)/i4D2. The van der Waals surface area contributed by atoms with E-state index in [9.17, 15) is 18.0 Å². The Balaban J connectivity index is 2.23. The normalized spacial score (nSPS) is 14.0. The number of rotatable bonds is 7. The summed E-state index contributed by atoms with van der Waals surface area (Å²) in [6, 6.07) is 3.81. The van der Waals surface area contributed by atoms with Crippen LogP contribution >= 0.6 is 15.9 Å². The largest absolute Gasteiger partial charge is 0.364 e. The Morgan fingerprint density at radius 3 is 2.92 bits per heavy atom. The molecule has 14 heteroatoms. The predicted molar refractivity (Wildman–Crippen MR) is 89.1 cm³/mol. The van der Waals surface area contributed by atoms with Crippen molar-refractivity contribution in [2.75, 3.05) is 18.4 Å². The van der Waals surface area contributed by atoms with E-state index >= 15 is 0 Å². The fourth-order valence-corrected chi connectivity index (χ4v) is 2.18. The summed E-state index contributed by atoms with van der Waals surface area (Å²) in [5.41, 5.74) is 1.86. The average molecular weight is 440 g/mol. The lowest BCUT2D eigenvalue weighted by atomic mass is 10.3. The topological polar surface area (TPSA) is 168 Å². The molecular weight excluding hydrogens is 425 g/mol. The summed E-state index contributed by atoms with van der Waals surface area (Å²) in [6.07, 6.45) is 0. The van der Waals surface area contributed by atoms with Crippen molar-refractivity contribution >= 4 is 43.5 Å². The van der Waals surface area contributed by atoms with Crippen LogP contribution in [0.1, 0.15) is 8.44 Å². The van der Waals surface area contributed by atoms with Crippen LogP contribution in [0.5, 0.6) is 0 Å². The summed E-state index contributed by atoms with van der Waals surface area (Å²) < 4.78 is 56.5.